The lowest BCUT2D eigenvalue weighted by Crippen LogP contribution is -2.45. The fourth-order valence-corrected chi connectivity index (χ4v) is 3.59. The van der Waals surface area contributed by atoms with Crippen molar-refractivity contribution in [3.05, 3.63) is 35.9 Å². The van der Waals surface area contributed by atoms with Gasteiger partial charge in [-0.15, -0.1) is 0 Å². The molecule has 0 N–H and O–H groups in total. The molecular weight excluding hydrogens is 343 g/mol. The molecule has 27 heavy (non-hydrogen) atoms. The highest BCUT2D eigenvalue weighted by Gasteiger charge is 2.23. The van der Waals surface area contributed by atoms with E-state index in [9.17, 15) is 4.39 Å². The van der Waals surface area contributed by atoms with Crippen LogP contribution in [-0.4, -0.2) is 57.6 Å². The monoisotopic (exact) mass is 368 g/mol. The minimum Gasteiger partial charge on any atom is -0.352 e. The topological polar surface area (TPSA) is 50.1 Å². The van der Waals surface area contributed by atoms with Gasteiger partial charge in [0.25, 0.3) is 0 Å². The highest BCUT2D eigenvalue weighted by atomic mass is 19.1. The van der Waals surface area contributed by atoms with Crippen molar-refractivity contribution in [2.24, 2.45) is 0 Å². The van der Waals surface area contributed by atoms with Crippen LogP contribution in [0, 0.1) is 12.7 Å². The van der Waals surface area contributed by atoms with Gasteiger partial charge in [-0.25, -0.2) is 19.3 Å². The van der Waals surface area contributed by atoms with Gasteiger partial charge >= 0.3 is 0 Å². The lowest BCUT2D eigenvalue weighted by atomic mass is 10.2. The van der Waals surface area contributed by atoms with E-state index in [0.717, 1.165) is 73.3 Å². The number of benzene rings is 1. The average molecular weight is 368 g/mol. The summed E-state index contributed by atoms with van der Waals surface area (Å²) in [5.41, 5.74) is 2.58. The molecule has 0 bridgehead atoms. The zero-order valence-electron chi connectivity index (χ0n) is 16.1. The van der Waals surface area contributed by atoms with E-state index < -0.39 is 0 Å². The summed E-state index contributed by atoms with van der Waals surface area (Å²) in [4.78, 5) is 19.0. The third-order valence-corrected chi connectivity index (χ3v) is 5.04. The number of likely N-dealkylation sites (N-methyl/N-ethyl adjacent to an activating group) is 1. The summed E-state index contributed by atoms with van der Waals surface area (Å²) in [6.07, 6.45) is 0.965. The van der Waals surface area contributed by atoms with Crippen LogP contribution in [0.25, 0.3) is 22.6 Å². The lowest BCUT2D eigenvalue weighted by molar-refractivity contribution is 0.312. The molecule has 4 rings (SSSR count). The number of aryl methyl sites for hydroxylation is 2. The number of fused-ring (bicyclic) bond motifs is 1. The van der Waals surface area contributed by atoms with Crippen molar-refractivity contribution in [2.75, 3.05) is 38.1 Å². The van der Waals surface area contributed by atoms with E-state index in [4.69, 9.17) is 15.0 Å². The number of aromatic nitrogens is 4. The van der Waals surface area contributed by atoms with Gasteiger partial charge in [-0.2, -0.15) is 0 Å². The zero-order valence-corrected chi connectivity index (χ0v) is 16.1. The number of nitrogens with zero attached hydrogens (tertiary/aromatic N) is 6. The van der Waals surface area contributed by atoms with Crippen molar-refractivity contribution >= 4 is 17.0 Å². The van der Waals surface area contributed by atoms with Crippen molar-refractivity contribution in [2.45, 2.75) is 26.8 Å². The van der Waals surface area contributed by atoms with Crippen LogP contribution in [-0.2, 0) is 6.54 Å². The van der Waals surface area contributed by atoms with Crippen molar-refractivity contribution < 1.29 is 4.39 Å². The third-order valence-electron chi connectivity index (χ3n) is 5.04. The summed E-state index contributed by atoms with van der Waals surface area (Å²) in [6, 6.07) is 6.50. The Morgan fingerprint density at radius 2 is 1.70 bits per heavy atom. The molecule has 0 unspecified atom stereocenters. The molecule has 0 amide bonds. The summed E-state index contributed by atoms with van der Waals surface area (Å²) < 4.78 is 15.5. The van der Waals surface area contributed by atoms with Crippen LogP contribution >= 0.6 is 0 Å². The fraction of sp³-hybridized carbons (Fsp3) is 0.450. The van der Waals surface area contributed by atoms with Gasteiger partial charge in [0.2, 0.25) is 0 Å². The summed E-state index contributed by atoms with van der Waals surface area (Å²) in [7, 11) is 2.14. The molecule has 7 heteroatoms. The first kappa shape index (κ1) is 17.9. The molecule has 1 aliphatic heterocycles. The summed E-state index contributed by atoms with van der Waals surface area (Å²) >= 11 is 0. The molecule has 0 atom stereocenters. The molecule has 0 saturated carbocycles. The quantitative estimate of drug-likeness (QED) is 0.708. The Hall–Kier alpha value is -2.54. The molecule has 0 spiro atoms. The van der Waals surface area contributed by atoms with Crippen molar-refractivity contribution in [1.82, 2.24) is 24.4 Å². The van der Waals surface area contributed by atoms with E-state index in [1.54, 1.807) is 12.1 Å². The maximum atomic E-state index is 13.4. The van der Waals surface area contributed by atoms with Crippen LogP contribution < -0.4 is 4.90 Å². The highest BCUT2D eigenvalue weighted by Crippen LogP contribution is 2.30. The van der Waals surface area contributed by atoms with Gasteiger partial charge in [0, 0.05) is 38.3 Å². The number of piperazine rings is 1. The maximum absolute atomic E-state index is 13.4. The number of halogens is 1. The van der Waals surface area contributed by atoms with E-state index in [-0.39, 0.29) is 5.82 Å². The van der Waals surface area contributed by atoms with E-state index in [0.29, 0.717) is 0 Å². The van der Waals surface area contributed by atoms with Crippen LogP contribution in [0.2, 0.25) is 0 Å². The number of hydrogen-bond donors (Lipinski definition) is 0. The Morgan fingerprint density at radius 1 is 1.00 bits per heavy atom. The second-order valence-corrected chi connectivity index (χ2v) is 7.15. The predicted octanol–water partition coefficient (Wildman–Crippen LogP) is 3.10. The highest BCUT2D eigenvalue weighted by molar-refractivity contribution is 5.87. The minimum absolute atomic E-state index is 0.245. The Labute approximate surface area is 158 Å². The van der Waals surface area contributed by atoms with Gasteiger partial charge in [-0.05, 0) is 44.7 Å². The van der Waals surface area contributed by atoms with E-state index in [2.05, 4.69) is 28.3 Å². The zero-order chi connectivity index (χ0) is 19.0. The van der Waals surface area contributed by atoms with Gasteiger partial charge in [-0.1, -0.05) is 6.92 Å². The summed E-state index contributed by atoms with van der Waals surface area (Å²) in [6.45, 7) is 8.73. The molecule has 1 fully saturated rings. The van der Waals surface area contributed by atoms with Crippen LogP contribution in [0.3, 0.4) is 0 Å². The van der Waals surface area contributed by atoms with Crippen molar-refractivity contribution in [3.63, 3.8) is 0 Å². The normalized spacial score (nSPS) is 15.6. The first-order valence-electron chi connectivity index (χ1n) is 9.51. The van der Waals surface area contributed by atoms with Gasteiger partial charge in [0.15, 0.2) is 17.0 Å². The molecule has 2 aromatic heterocycles. The maximum Gasteiger partial charge on any atom is 0.166 e. The largest absolute Gasteiger partial charge is 0.352 e. The van der Waals surface area contributed by atoms with Crippen molar-refractivity contribution in [1.29, 1.82) is 0 Å². The summed E-state index contributed by atoms with van der Waals surface area (Å²) in [5.74, 6) is 2.23. The molecule has 0 aliphatic carbocycles. The molecule has 3 aromatic rings. The van der Waals surface area contributed by atoms with E-state index in [1.807, 2.05) is 6.92 Å². The Kier molecular flexibility index (Phi) is 4.78. The number of imidazole rings is 1. The molecule has 6 nitrogen and oxygen atoms in total. The van der Waals surface area contributed by atoms with Gasteiger partial charge < -0.3 is 14.4 Å². The van der Waals surface area contributed by atoms with Crippen LogP contribution in [0.1, 0.15) is 19.2 Å². The Morgan fingerprint density at radius 3 is 2.37 bits per heavy atom. The van der Waals surface area contributed by atoms with Gasteiger partial charge in [0.05, 0.1) is 0 Å². The second kappa shape index (κ2) is 7.23. The molecule has 1 aliphatic rings. The van der Waals surface area contributed by atoms with Gasteiger partial charge in [-0.3, -0.25) is 0 Å². The number of hydrogen-bond acceptors (Lipinski definition) is 5. The second-order valence-electron chi connectivity index (χ2n) is 7.15. The fourth-order valence-electron chi connectivity index (χ4n) is 3.59. The third kappa shape index (κ3) is 3.39. The van der Waals surface area contributed by atoms with Gasteiger partial charge in [0.1, 0.15) is 17.5 Å². The van der Waals surface area contributed by atoms with Crippen LogP contribution in [0.4, 0.5) is 10.2 Å². The molecule has 0 radical (unpaired) electrons. The van der Waals surface area contributed by atoms with Crippen LogP contribution in [0.15, 0.2) is 24.3 Å². The predicted molar refractivity (Wildman–Crippen MR) is 105 cm³/mol. The molecule has 3 heterocycles. The standard InChI is InChI=1S/C20H25FN6/c1-4-9-27-18(15-5-7-16(21)8-6-15)24-17-19(22-14(2)23-20(17)27)26-12-10-25(3)11-13-26/h5-8H,4,9-13H2,1-3H3. The minimum atomic E-state index is -0.245. The van der Waals surface area contributed by atoms with Crippen LogP contribution in [0.5, 0.6) is 0 Å². The van der Waals surface area contributed by atoms with E-state index in [1.165, 1.54) is 12.1 Å². The Bertz CT molecular complexity index is 941. The molecule has 1 aromatic carbocycles. The molecule has 142 valence electrons. The number of rotatable bonds is 4. The van der Waals surface area contributed by atoms with E-state index >= 15 is 0 Å². The average Bonchev–Trinajstić information content (AvgIpc) is 3.01. The lowest BCUT2D eigenvalue weighted by Gasteiger charge is -2.33. The Balaban J connectivity index is 1.88. The first-order valence-corrected chi connectivity index (χ1v) is 9.51. The SMILES string of the molecule is CCCn1c(-c2ccc(F)cc2)nc2c(N3CCN(C)CC3)nc(C)nc21. The smallest absolute Gasteiger partial charge is 0.166 e. The first-order chi connectivity index (χ1) is 13.1. The molecular formula is C20H25FN6. The molecule has 1 saturated heterocycles. The van der Waals surface area contributed by atoms with Crippen molar-refractivity contribution in [3.8, 4) is 11.4 Å². The summed E-state index contributed by atoms with van der Waals surface area (Å²) in [5, 5.41) is 0. The number of anilines is 1.